The van der Waals surface area contributed by atoms with E-state index in [1.54, 1.807) is 0 Å². The summed E-state index contributed by atoms with van der Waals surface area (Å²) in [5.41, 5.74) is 0. The van der Waals surface area contributed by atoms with Crippen molar-refractivity contribution in [2.45, 2.75) is 38.9 Å². The molecule has 0 amide bonds. The summed E-state index contributed by atoms with van der Waals surface area (Å²) >= 11 is 0. The molecule has 0 spiro atoms. The summed E-state index contributed by atoms with van der Waals surface area (Å²) in [6, 6.07) is 0. The van der Waals surface area contributed by atoms with Crippen LogP contribution in [-0.4, -0.2) is 19.0 Å². The zero-order valence-corrected chi connectivity index (χ0v) is 7.25. The lowest BCUT2D eigenvalue weighted by Crippen LogP contribution is -2.34. The summed E-state index contributed by atoms with van der Waals surface area (Å²) in [6.07, 6.45) is 3.18. The Morgan fingerprint density at radius 2 is 1.36 bits per heavy atom. The molecule has 11 heavy (non-hydrogen) atoms. The third-order valence-corrected chi connectivity index (χ3v) is 3.16. The van der Waals surface area contributed by atoms with Gasteiger partial charge in [0.15, 0.2) is 0 Å². The molecule has 2 nitrogen and oxygen atoms in total. The van der Waals surface area contributed by atoms with Crippen LogP contribution in [0.4, 0.5) is 0 Å². The molecule has 2 aliphatic rings. The normalized spacial score (nSPS) is 50.7. The minimum absolute atomic E-state index is 0.404. The van der Waals surface area contributed by atoms with Crippen LogP contribution in [0, 0.1) is 11.8 Å². The van der Waals surface area contributed by atoms with Crippen LogP contribution in [0.5, 0.6) is 0 Å². The van der Waals surface area contributed by atoms with Crippen molar-refractivity contribution in [3.63, 3.8) is 0 Å². The van der Waals surface area contributed by atoms with Crippen molar-refractivity contribution in [1.82, 2.24) is 0 Å². The summed E-state index contributed by atoms with van der Waals surface area (Å²) in [7, 11) is 0. The number of rotatable bonds is 0. The molecule has 2 heteroatoms. The lowest BCUT2D eigenvalue weighted by atomic mass is 9.79. The Bertz CT molecular complexity index is 130. The van der Waals surface area contributed by atoms with Gasteiger partial charge in [0.1, 0.15) is 6.79 Å². The minimum Gasteiger partial charge on any atom is -0.349 e. The number of hydrogen-bond donors (Lipinski definition) is 0. The Morgan fingerprint density at radius 3 is 1.82 bits per heavy atom. The molecule has 0 N–H and O–H groups in total. The van der Waals surface area contributed by atoms with Crippen molar-refractivity contribution in [3.05, 3.63) is 0 Å². The molecular weight excluding hydrogens is 140 g/mol. The van der Waals surface area contributed by atoms with Crippen molar-refractivity contribution in [2.75, 3.05) is 6.79 Å². The first-order chi connectivity index (χ1) is 5.27. The second-order valence-electron chi connectivity index (χ2n) is 3.95. The van der Waals surface area contributed by atoms with Gasteiger partial charge in [-0.15, -0.1) is 0 Å². The van der Waals surface area contributed by atoms with E-state index >= 15 is 0 Å². The second kappa shape index (κ2) is 2.76. The third kappa shape index (κ3) is 1.30. The standard InChI is InChI=1S/C9H16O2/c1-6-3-8-9(4-7(6)2)11-5-10-8/h6-9H,3-5H2,1-2H3/t6-,7+,8?,9?. The average Bonchev–Trinajstić information content (AvgIpc) is 2.36. The predicted molar refractivity (Wildman–Crippen MR) is 42.2 cm³/mol. The van der Waals surface area contributed by atoms with Gasteiger partial charge >= 0.3 is 0 Å². The van der Waals surface area contributed by atoms with Gasteiger partial charge in [0, 0.05) is 0 Å². The van der Waals surface area contributed by atoms with Gasteiger partial charge < -0.3 is 9.47 Å². The molecule has 0 bridgehead atoms. The highest BCUT2D eigenvalue weighted by atomic mass is 16.7. The van der Waals surface area contributed by atoms with E-state index in [2.05, 4.69) is 13.8 Å². The van der Waals surface area contributed by atoms with E-state index in [-0.39, 0.29) is 0 Å². The molecule has 0 radical (unpaired) electrons. The first-order valence-corrected chi connectivity index (χ1v) is 4.50. The van der Waals surface area contributed by atoms with E-state index in [1.165, 1.54) is 12.8 Å². The van der Waals surface area contributed by atoms with E-state index in [0.29, 0.717) is 19.0 Å². The van der Waals surface area contributed by atoms with Crippen molar-refractivity contribution >= 4 is 0 Å². The first-order valence-electron chi connectivity index (χ1n) is 4.50. The molecule has 1 aliphatic carbocycles. The van der Waals surface area contributed by atoms with Gasteiger partial charge in [0.05, 0.1) is 12.2 Å². The van der Waals surface area contributed by atoms with Crippen LogP contribution in [0.2, 0.25) is 0 Å². The molecule has 2 fully saturated rings. The first kappa shape index (κ1) is 7.56. The van der Waals surface area contributed by atoms with Crippen molar-refractivity contribution in [2.24, 2.45) is 11.8 Å². The maximum absolute atomic E-state index is 5.45. The Kier molecular flexibility index (Phi) is 1.90. The Hall–Kier alpha value is -0.0800. The predicted octanol–water partition coefficient (Wildman–Crippen LogP) is 1.79. The van der Waals surface area contributed by atoms with Gasteiger partial charge in [-0.3, -0.25) is 0 Å². The quantitative estimate of drug-likeness (QED) is 0.532. The van der Waals surface area contributed by atoms with Crippen molar-refractivity contribution in [1.29, 1.82) is 0 Å². The zero-order chi connectivity index (χ0) is 7.84. The molecule has 0 aromatic rings. The molecule has 1 saturated carbocycles. The van der Waals surface area contributed by atoms with Crippen LogP contribution in [-0.2, 0) is 9.47 Å². The number of fused-ring (bicyclic) bond motifs is 1. The molecule has 4 atom stereocenters. The second-order valence-corrected chi connectivity index (χ2v) is 3.95. The van der Waals surface area contributed by atoms with Crippen LogP contribution in [0.15, 0.2) is 0 Å². The lowest BCUT2D eigenvalue weighted by Gasteiger charge is -2.32. The molecule has 1 saturated heterocycles. The van der Waals surface area contributed by atoms with Crippen LogP contribution < -0.4 is 0 Å². The zero-order valence-electron chi connectivity index (χ0n) is 7.25. The highest BCUT2D eigenvalue weighted by Crippen LogP contribution is 2.35. The van der Waals surface area contributed by atoms with Gasteiger partial charge in [-0.1, -0.05) is 13.8 Å². The number of hydrogen-bond acceptors (Lipinski definition) is 2. The SMILES string of the molecule is C[C@@H]1CC2OCOC2C[C@@H]1C. The average molecular weight is 156 g/mol. The smallest absolute Gasteiger partial charge is 0.147 e. The molecule has 0 aromatic carbocycles. The largest absolute Gasteiger partial charge is 0.349 e. The highest BCUT2D eigenvalue weighted by molar-refractivity contribution is 4.85. The van der Waals surface area contributed by atoms with E-state index in [4.69, 9.17) is 9.47 Å². The molecular formula is C9H16O2. The maximum atomic E-state index is 5.45. The van der Waals surface area contributed by atoms with E-state index in [1.807, 2.05) is 0 Å². The molecule has 1 aliphatic heterocycles. The van der Waals surface area contributed by atoms with E-state index < -0.39 is 0 Å². The van der Waals surface area contributed by atoms with Gasteiger partial charge in [-0.2, -0.15) is 0 Å². The Morgan fingerprint density at radius 1 is 0.909 bits per heavy atom. The van der Waals surface area contributed by atoms with Crippen molar-refractivity contribution in [3.8, 4) is 0 Å². The number of ether oxygens (including phenoxy) is 2. The van der Waals surface area contributed by atoms with Gasteiger partial charge in [0.2, 0.25) is 0 Å². The molecule has 2 unspecified atom stereocenters. The van der Waals surface area contributed by atoms with Crippen LogP contribution >= 0.6 is 0 Å². The molecule has 64 valence electrons. The Labute approximate surface area is 67.9 Å². The molecule has 1 heterocycles. The summed E-state index contributed by atoms with van der Waals surface area (Å²) in [6.45, 7) is 5.14. The van der Waals surface area contributed by atoms with Gasteiger partial charge in [-0.25, -0.2) is 0 Å². The summed E-state index contributed by atoms with van der Waals surface area (Å²) in [5, 5.41) is 0. The van der Waals surface area contributed by atoms with Crippen molar-refractivity contribution < 1.29 is 9.47 Å². The highest BCUT2D eigenvalue weighted by Gasteiger charge is 2.37. The fraction of sp³-hybridized carbons (Fsp3) is 1.00. The molecule has 0 aromatic heterocycles. The fourth-order valence-corrected chi connectivity index (χ4v) is 2.07. The maximum Gasteiger partial charge on any atom is 0.147 e. The topological polar surface area (TPSA) is 18.5 Å². The summed E-state index contributed by atoms with van der Waals surface area (Å²) < 4.78 is 10.9. The van der Waals surface area contributed by atoms with E-state index in [0.717, 1.165) is 11.8 Å². The monoisotopic (exact) mass is 156 g/mol. The summed E-state index contributed by atoms with van der Waals surface area (Å²) in [4.78, 5) is 0. The lowest BCUT2D eigenvalue weighted by molar-refractivity contribution is 0.0389. The van der Waals surface area contributed by atoms with Crippen LogP contribution in [0.1, 0.15) is 26.7 Å². The van der Waals surface area contributed by atoms with Crippen LogP contribution in [0.25, 0.3) is 0 Å². The third-order valence-electron chi connectivity index (χ3n) is 3.16. The Balaban J connectivity index is 2.00. The van der Waals surface area contributed by atoms with Crippen LogP contribution in [0.3, 0.4) is 0 Å². The van der Waals surface area contributed by atoms with Gasteiger partial charge in [0.25, 0.3) is 0 Å². The molecule has 2 rings (SSSR count). The fourth-order valence-electron chi connectivity index (χ4n) is 2.07. The summed E-state index contributed by atoms with van der Waals surface area (Å²) in [5.74, 6) is 1.61. The minimum atomic E-state index is 0.404. The van der Waals surface area contributed by atoms with E-state index in [9.17, 15) is 0 Å². The van der Waals surface area contributed by atoms with Gasteiger partial charge in [-0.05, 0) is 24.7 Å².